The highest BCUT2D eigenvalue weighted by Crippen LogP contribution is 2.46. The molecule has 0 fully saturated rings. The van der Waals surface area contributed by atoms with Crippen LogP contribution in [0.3, 0.4) is 0 Å². The number of Topliss-reactive ketones (excluding diaryl/α,β-unsaturated/α-hetero) is 2. The van der Waals surface area contributed by atoms with Crippen molar-refractivity contribution >= 4 is 164 Å². The standard InChI is InChI=1S/C41H28N6O31S8/c48-23-9-17(79(55,56)57)1-13-3-29(85(73,74)75)39(52)35(31(13)23)46-44-21-11-25(81(61,62)63)19-5-15(7-27(83(67,68)69)33(19)37(21)50)42-41(54)43-16-6-20-26(82(64,65)66)12-22(38(51)34(20)28(8-16)84(70,71)72)45-47-36-32-14(4-30(40(36)53)86(76,77)78)2-18(10-24(32)49)80(58,59)60/h1-12,46-49,52-53H,(H2,42,43,54)(H,55,56,57)(H,58,59,60)(H,61,62,63)(H,64,65,66)(H,67,68,69)(H,70,71,72)(H,73,74,75)(H,76,77,78)/b44-21+,45-22+. The molecule has 2 aliphatic rings. The van der Waals surface area contributed by atoms with Gasteiger partial charge in [0.25, 0.3) is 80.9 Å². The Hall–Kier alpha value is -8.65. The Kier molecular flexibility index (Phi) is 15.3. The second-order valence-electron chi connectivity index (χ2n) is 17.3. The zero-order valence-corrected chi connectivity index (χ0v) is 47.2. The van der Waals surface area contributed by atoms with Gasteiger partial charge in [-0.15, -0.1) is 0 Å². The first kappa shape index (κ1) is 63.4. The van der Waals surface area contributed by atoms with Crippen molar-refractivity contribution in [3.05, 3.63) is 95.1 Å². The summed E-state index contributed by atoms with van der Waals surface area (Å²) in [6.45, 7) is 0. The third-order valence-corrected chi connectivity index (χ3v) is 18.7. The quantitative estimate of drug-likeness (QED) is 0.0419. The molecule has 0 aliphatic heterocycles. The van der Waals surface area contributed by atoms with Crippen LogP contribution >= 0.6 is 0 Å². The smallest absolute Gasteiger partial charge is 0.323 e. The number of rotatable bonds is 14. The van der Waals surface area contributed by atoms with Crippen LogP contribution in [0, 0.1) is 0 Å². The summed E-state index contributed by atoms with van der Waals surface area (Å²) in [5.74, 6) is -9.00. The van der Waals surface area contributed by atoms with E-state index >= 15 is 0 Å². The molecule has 16 N–H and O–H groups in total. The molecule has 45 heteroatoms. The summed E-state index contributed by atoms with van der Waals surface area (Å²) in [5, 5.41) is 50.9. The molecule has 0 unspecified atom stereocenters. The number of nitrogens with one attached hydrogen (secondary N) is 4. The molecule has 37 nitrogen and oxygen atoms in total. The van der Waals surface area contributed by atoms with Gasteiger partial charge in [0.1, 0.15) is 63.7 Å². The number of urea groups is 1. The van der Waals surface area contributed by atoms with E-state index in [0.29, 0.717) is 48.5 Å². The highest BCUT2D eigenvalue weighted by Gasteiger charge is 2.39. The van der Waals surface area contributed by atoms with E-state index in [1.54, 1.807) is 0 Å². The molecule has 0 aromatic heterocycles. The molecule has 6 aromatic rings. The van der Waals surface area contributed by atoms with Crippen molar-refractivity contribution in [3.63, 3.8) is 0 Å². The van der Waals surface area contributed by atoms with E-state index in [1.165, 1.54) is 0 Å². The van der Waals surface area contributed by atoms with Crippen molar-refractivity contribution in [1.29, 1.82) is 0 Å². The molecule has 86 heavy (non-hydrogen) atoms. The van der Waals surface area contributed by atoms with Crippen LogP contribution in [0.15, 0.2) is 112 Å². The van der Waals surface area contributed by atoms with Gasteiger partial charge in [0.15, 0.2) is 11.5 Å². The van der Waals surface area contributed by atoms with Crippen LogP contribution in [0.4, 0.5) is 27.5 Å². The number of hydrazone groups is 2. The molecule has 0 heterocycles. The number of anilines is 4. The Morgan fingerprint density at radius 1 is 0.384 bits per heavy atom. The lowest BCUT2D eigenvalue weighted by Crippen LogP contribution is -2.27. The fraction of sp³-hybridized carbons (Fsp3) is 0. The molecule has 2 aliphatic carbocycles. The zero-order chi connectivity index (χ0) is 64.5. The number of hydrogen-bond acceptors (Lipinski definition) is 27. The molecule has 8 rings (SSSR count). The van der Waals surface area contributed by atoms with E-state index in [0.717, 1.165) is 0 Å². The number of phenolic OH excluding ortho intramolecular Hbond substituents is 4. The summed E-state index contributed by atoms with van der Waals surface area (Å²) >= 11 is 0. The maximum absolute atomic E-state index is 14.0. The molecule has 0 bridgehead atoms. The Labute approximate surface area is 478 Å². The average molecular weight is 1360 g/mol. The Morgan fingerprint density at radius 2 is 0.698 bits per heavy atom. The molecular formula is C41H28N6O31S8. The predicted molar refractivity (Wildman–Crippen MR) is 289 cm³/mol. The minimum Gasteiger partial charge on any atom is -0.507 e. The van der Waals surface area contributed by atoms with Gasteiger partial charge in [0.05, 0.1) is 31.7 Å². The van der Waals surface area contributed by atoms with Gasteiger partial charge >= 0.3 is 6.03 Å². The first-order chi connectivity index (χ1) is 39.1. The monoisotopic (exact) mass is 1360 g/mol. The molecular weight excluding hydrogens is 1330 g/mol. The molecule has 456 valence electrons. The van der Waals surface area contributed by atoms with Gasteiger partial charge in [-0.3, -0.25) is 56.9 Å². The van der Waals surface area contributed by atoms with E-state index in [1.807, 2.05) is 21.5 Å². The van der Waals surface area contributed by atoms with Gasteiger partial charge in [-0.25, -0.2) is 4.79 Å². The first-order valence-electron chi connectivity index (χ1n) is 21.6. The number of carbonyl (C=O) groups is 3. The van der Waals surface area contributed by atoms with Crippen molar-refractivity contribution in [2.75, 3.05) is 21.5 Å². The van der Waals surface area contributed by atoms with Gasteiger partial charge < -0.3 is 31.1 Å². The summed E-state index contributed by atoms with van der Waals surface area (Å²) < 4.78 is 279. The minimum absolute atomic E-state index is 0.160. The molecule has 0 saturated heterocycles. The van der Waals surface area contributed by atoms with Crippen molar-refractivity contribution in [3.8, 4) is 23.0 Å². The number of phenols is 4. The molecule has 2 amide bonds. The third-order valence-electron chi connectivity index (χ3n) is 11.8. The summed E-state index contributed by atoms with van der Waals surface area (Å²) in [6, 6.07) is 2.06. The van der Waals surface area contributed by atoms with Crippen LogP contribution in [0.5, 0.6) is 23.0 Å². The summed E-state index contributed by atoms with van der Waals surface area (Å²) in [5.41, 5.74) is -8.44. The lowest BCUT2D eigenvalue weighted by molar-refractivity contribution is 0.105. The van der Waals surface area contributed by atoms with Gasteiger partial charge in [-0.2, -0.15) is 77.5 Å². The fourth-order valence-corrected chi connectivity index (χ4v) is 13.6. The number of carbonyl (C=O) groups excluding carboxylic acids is 3. The number of aromatic hydroxyl groups is 4. The van der Waals surface area contributed by atoms with Crippen LogP contribution in [0.2, 0.25) is 0 Å². The second-order valence-corrected chi connectivity index (χ2v) is 28.5. The highest BCUT2D eigenvalue weighted by atomic mass is 32.2. The zero-order valence-electron chi connectivity index (χ0n) is 40.7. The number of nitrogens with zero attached hydrogens (tertiary/aromatic N) is 2. The van der Waals surface area contributed by atoms with E-state index in [2.05, 4.69) is 10.2 Å². The molecule has 0 spiro atoms. The van der Waals surface area contributed by atoms with Crippen molar-refractivity contribution in [2.45, 2.75) is 29.4 Å². The Bertz CT molecular complexity index is 4980. The predicted octanol–water partition coefficient (Wildman–Crippen LogP) is 1.73. The highest BCUT2D eigenvalue weighted by molar-refractivity contribution is 7.96. The van der Waals surface area contributed by atoms with Crippen LogP contribution in [-0.2, 0) is 80.9 Å². The molecule has 0 radical (unpaired) electrons. The van der Waals surface area contributed by atoms with E-state index < -0.39 is 239 Å². The Balaban J connectivity index is 1.20. The fourth-order valence-electron chi connectivity index (χ4n) is 8.38. The molecule has 0 saturated carbocycles. The van der Waals surface area contributed by atoms with E-state index in [9.17, 15) is 139 Å². The topological polar surface area (TPSA) is 640 Å². The molecule has 6 aromatic carbocycles. The Morgan fingerprint density at radius 3 is 0.977 bits per heavy atom. The number of hydrogen-bond donors (Lipinski definition) is 16. The number of fused-ring (bicyclic) bond motifs is 4. The minimum atomic E-state index is -5.87. The maximum atomic E-state index is 14.0. The van der Waals surface area contributed by atoms with Crippen LogP contribution in [-0.4, -0.2) is 153 Å². The van der Waals surface area contributed by atoms with Gasteiger partial charge in [0.2, 0.25) is 11.6 Å². The van der Waals surface area contributed by atoms with Crippen LogP contribution < -0.4 is 21.5 Å². The van der Waals surface area contributed by atoms with E-state index in [-0.39, 0.29) is 24.3 Å². The summed E-state index contributed by atoms with van der Waals surface area (Å²) in [7, 11) is -44.7. The van der Waals surface area contributed by atoms with Crippen molar-refractivity contribution < 1.29 is 139 Å². The SMILES string of the molecule is O=C(Nc1cc2c(c(S(=O)(=O)O)c1)C(=O)/C(=N/Nc1c(O)c(S(=O)(=O)O)cc3cc(S(=O)(=O)O)cc(O)c13)C=C2S(=O)(=O)O)Nc1cc2c(c(S(=O)(=O)O)c1)C(=O)/C(=N/Nc1c(O)c(S(=O)(=O)O)cc3cc(S(=O)(=O)O)cc(O)c13)C=C2S(=O)(=O)O. The number of allylic oxidation sites excluding steroid dienone is 2. The first-order valence-corrected chi connectivity index (χ1v) is 33.1. The summed E-state index contributed by atoms with van der Waals surface area (Å²) in [6.07, 6.45) is 0.319. The second kappa shape index (κ2) is 20.8. The van der Waals surface area contributed by atoms with Crippen LogP contribution in [0.25, 0.3) is 31.4 Å². The van der Waals surface area contributed by atoms with Crippen LogP contribution in [0.1, 0.15) is 31.8 Å². The summed E-state index contributed by atoms with van der Waals surface area (Å²) in [4.78, 5) is 30.2. The largest absolute Gasteiger partial charge is 0.507 e. The van der Waals surface area contributed by atoms with Gasteiger partial charge in [0, 0.05) is 34.6 Å². The van der Waals surface area contributed by atoms with Gasteiger partial charge in [-0.05, 0) is 71.5 Å². The third kappa shape index (κ3) is 12.1. The lowest BCUT2D eigenvalue weighted by Gasteiger charge is -2.21. The van der Waals surface area contributed by atoms with E-state index in [4.69, 9.17) is 0 Å². The van der Waals surface area contributed by atoms with Gasteiger partial charge in [-0.1, -0.05) is 0 Å². The average Bonchev–Trinajstić information content (AvgIpc) is 0.793. The van der Waals surface area contributed by atoms with Crippen molar-refractivity contribution in [1.82, 2.24) is 0 Å². The number of ketones is 2. The normalized spacial score (nSPS) is 15.5. The maximum Gasteiger partial charge on any atom is 0.323 e. The number of amides is 2. The number of benzene rings is 6. The molecule has 0 atom stereocenters. The van der Waals surface area contributed by atoms with Crippen molar-refractivity contribution in [2.24, 2.45) is 10.2 Å². The lowest BCUT2D eigenvalue weighted by atomic mass is 9.93.